The molecule has 1 fully saturated rings. The maximum atomic E-state index is 11.9. The van der Waals surface area contributed by atoms with Crippen molar-refractivity contribution in [2.24, 2.45) is 11.8 Å². The summed E-state index contributed by atoms with van der Waals surface area (Å²) in [6, 6.07) is -0.120. The van der Waals surface area contributed by atoms with Gasteiger partial charge in [0.2, 0.25) is 15.9 Å². The number of piperidine rings is 1. The third-order valence-corrected chi connectivity index (χ3v) is 5.38. The van der Waals surface area contributed by atoms with Crippen LogP contribution in [0.25, 0.3) is 0 Å². The molecule has 22 heavy (non-hydrogen) atoms. The molecule has 1 rings (SSSR count). The van der Waals surface area contributed by atoms with Crippen molar-refractivity contribution in [1.29, 1.82) is 0 Å². The largest absolute Gasteiger partial charge is 0.355 e. The number of amides is 1. The molecular weight excluding hydrogens is 326 g/mol. The van der Waals surface area contributed by atoms with Crippen LogP contribution in [0, 0.1) is 11.8 Å². The van der Waals surface area contributed by atoms with Crippen molar-refractivity contribution >= 4 is 28.3 Å². The Kier molecular flexibility index (Phi) is 10.2. The molecule has 1 atom stereocenters. The molecule has 0 spiro atoms. The molecule has 1 saturated heterocycles. The van der Waals surface area contributed by atoms with E-state index in [4.69, 9.17) is 0 Å². The van der Waals surface area contributed by atoms with Gasteiger partial charge in [0.15, 0.2) is 0 Å². The van der Waals surface area contributed by atoms with Crippen molar-refractivity contribution in [2.75, 3.05) is 25.4 Å². The third kappa shape index (κ3) is 8.92. The molecule has 1 aliphatic heterocycles. The lowest BCUT2D eigenvalue weighted by Gasteiger charge is -2.27. The minimum absolute atomic E-state index is 0. The average Bonchev–Trinajstić information content (AvgIpc) is 2.37. The van der Waals surface area contributed by atoms with E-state index in [2.05, 4.69) is 22.3 Å². The normalized spacial score (nSPS) is 17.8. The van der Waals surface area contributed by atoms with Crippen LogP contribution >= 0.6 is 12.4 Å². The molecule has 0 radical (unpaired) electrons. The van der Waals surface area contributed by atoms with Crippen molar-refractivity contribution in [3.05, 3.63) is 0 Å². The highest BCUT2D eigenvalue weighted by Gasteiger charge is 2.22. The summed E-state index contributed by atoms with van der Waals surface area (Å²) >= 11 is 0. The molecule has 1 unspecified atom stereocenters. The predicted molar refractivity (Wildman–Crippen MR) is 91.7 cm³/mol. The molecule has 3 N–H and O–H groups in total. The van der Waals surface area contributed by atoms with Gasteiger partial charge in [-0.15, -0.1) is 12.4 Å². The number of sulfonamides is 1. The van der Waals surface area contributed by atoms with Gasteiger partial charge in [0, 0.05) is 19.0 Å². The van der Waals surface area contributed by atoms with E-state index >= 15 is 0 Å². The first kappa shape index (κ1) is 21.6. The summed E-state index contributed by atoms with van der Waals surface area (Å²) in [7, 11) is -3.30. The average molecular weight is 356 g/mol. The molecule has 0 aromatic heterocycles. The van der Waals surface area contributed by atoms with E-state index in [9.17, 15) is 13.2 Å². The summed E-state index contributed by atoms with van der Waals surface area (Å²) in [6.07, 6.45) is 2.70. The third-order valence-electron chi connectivity index (χ3n) is 3.80. The molecule has 0 saturated carbocycles. The summed E-state index contributed by atoms with van der Waals surface area (Å²) in [5, 5.41) is 6.02. The van der Waals surface area contributed by atoms with Gasteiger partial charge in [0.1, 0.15) is 0 Å². The fourth-order valence-electron chi connectivity index (χ4n) is 2.69. The smallest absolute Gasteiger partial charge is 0.220 e. The van der Waals surface area contributed by atoms with Crippen LogP contribution in [0.2, 0.25) is 0 Å². The summed E-state index contributed by atoms with van der Waals surface area (Å²) in [5.41, 5.74) is 0. The van der Waals surface area contributed by atoms with E-state index in [0.717, 1.165) is 25.9 Å². The Hall–Kier alpha value is -0.370. The van der Waals surface area contributed by atoms with E-state index < -0.39 is 10.0 Å². The Morgan fingerprint density at radius 3 is 2.36 bits per heavy atom. The monoisotopic (exact) mass is 355 g/mol. The molecule has 0 aliphatic carbocycles. The Morgan fingerprint density at radius 2 is 1.82 bits per heavy atom. The highest BCUT2D eigenvalue weighted by atomic mass is 35.5. The summed E-state index contributed by atoms with van der Waals surface area (Å²) < 4.78 is 25.7. The number of rotatable bonds is 8. The Balaban J connectivity index is 0.00000441. The number of hydrogen-bond acceptors (Lipinski definition) is 4. The second-order valence-corrected chi connectivity index (χ2v) is 8.08. The molecule has 1 amide bonds. The van der Waals surface area contributed by atoms with E-state index in [0.29, 0.717) is 18.3 Å². The Morgan fingerprint density at radius 1 is 1.23 bits per heavy atom. The van der Waals surface area contributed by atoms with Crippen LogP contribution in [0.1, 0.15) is 40.0 Å². The molecule has 6 nitrogen and oxygen atoms in total. The number of carbonyl (C=O) groups is 1. The number of halogens is 1. The zero-order chi connectivity index (χ0) is 15.9. The predicted octanol–water partition coefficient (Wildman–Crippen LogP) is 0.878. The second-order valence-electron chi connectivity index (χ2n) is 6.21. The van der Waals surface area contributed by atoms with Gasteiger partial charge in [0.05, 0.1) is 5.75 Å². The second kappa shape index (κ2) is 10.4. The van der Waals surface area contributed by atoms with Crippen molar-refractivity contribution < 1.29 is 13.2 Å². The SMILES string of the molecule is CC(C)NS(=O)(=O)CCNC(=O)CC(C)C1CCNCC1.Cl. The van der Waals surface area contributed by atoms with Crippen LogP contribution in [0.3, 0.4) is 0 Å². The standard InChI is InChI=1S/C14H29N3O3S.ClH/c1-11(2)17-21(19,20)9-8-16-14(18)10-12(3)13-4-6-15-7-5-13;/h11-13,15,17H,4-10H2,1-3H3,(H,16,18);1H. The quantitative estimate of drug-likeness (QED) is 0.603. The minimum atomic E-state index is -3.30. The topological polar surface area (TPSA) is 87.3 Å². The lowest BCUT2D eigenvalue weighted by Crippen LogP contribution is -2.38. The first-order chi connectivity index (χ1) is 9.80. The summed E-state index contributed by atoms with van der Waals surface area (Å²) in [4.78, 5) is 11.9. The van der Waals surface area contributed by atoms with Crippen molar-refractivity contribution in [3.8, 4) is 0 Å². The lowest BCUT2D eigenvalue weighted by molar-refractivity contribution is -0.122. The van der Waals surface area contributed by atoms with Crippen molar-refractivity contribution in [2.45, 2.75) is 46.1 Å². The number of nitrogens with one attached hydrogen (secondary N) is 3. The van der Waals surface area contributed by atoms with Crippen LogP contribution in [-0.4, -0.2) is 45.8 Å². The fraction of sp³-hybridized carbons (Fsp3) is 0.929. The van der Waals surface area contributed by atoms with Gasteiger partial charge < -0.3 is 10.6 Å². The zero-order valence-electron chi connectivity index (χ0n) is 13.7. The molecule has 1 heterocycles. The number of carbonyl (C=O) groups excluding carboxylic acids is 1. The van der Waals surface area contributed by atoms with Gasteiger partial charge in [-0.3, -0.25) is 4.79 Å². The number of hydrogen-bond donors (Lipinski definition) is 3. The van der Waals surface area contributed by atoms with Gasteiger partial charge in [-0.05, 0) is 51.6 Å². The van der Waals surface area contributed by atoms with E-state index in [-0.39, 0.29) is 36.7 Å². The first-order valence-electron chi connectivity index (χ1n) is 7.77. The van der Waals surface area contributed by atoms with Crippen LogP contribution in [0.4, 0.5) is 0 Å². The first-order valence-corrected chi connectivity index (χ1v) is 9.43. The van der Waals surface area contributed by atoms with E-state index in [1.54, 1.807) is 13.8 Å². The van der Waals surface area contributed by atoms with Crippen molar-refractivity contribution in [1.82, 2.24) is 15.4 Å². The van der Waals surface area contributed by atoms with Crippen molar-refractivity contribution in [3.63, 3.8) is 0 Å². The highest BCUT2D eigenvalue weighted by molar-refractivity contribution is 7.89. The molecule has 0 aromatic rings. The van der Waals surface area contributed by atoms with Crippen LogP contribution in [0.15, 0.2) is 0 Å². The summed E-state index contributed by atoms with van der Waals surface area (Å²) in [6.45, 7) is 7.87. The Bertz CT molecular complexity index is 423. The van der Waals surface area contributed by atoms with Crippen LogP contribution < -0.4 is 15.4 Å². The highest BCUT2D eigenvalue weighted by Crippen LogP contribution is 2.23. The fourth-order valence-corrected chi connectivity index (χ4v) is 3.89. The molecular formula is C14H30ClN3O3S. The molecule has 1 aliphatic rings. The van der Waals surface area contributed by atoms with Gasteiger partial charge >= 0.3 is 0 Å². The molecule has 0 bridgehead atoms. The molecule has 132 valence electrons. The zero-order valence-corrected chi connectivity index (χ0v) is 15.4. The minimum Gasteiger partial charge on any atom is -0.355 e. The lowest BCUT2D eigenvalue weighted by atomic mass is 9.84. The van der Waals surface area contributed by atoms with E-state index in [1.807, 2.05) is 0 Å². The van der Waals surface area contributed by atoms with E-state index in [1.165, 1.54) is 0 Å². The van der Waals surface area contributed by atoms with Gasteiger partial charge in [0.25, 0.3) is 0 Å². The Labute approximate surface area is 140 Å². The molecule has 8 heteroatoms. The van der Waals surface area contributed by atoms with Gasteiger partial charge in [-0.2, -0.15) is 0 Å². The van der Waals surface area contributed by atoms with Gasteiger partial charge in [-0.25, -0.2) is 13.1 Å². The molecule has 0 aromatic carbocycles. The van der Waals surface area contributed by atoms with Crippen LogP contribution in [0.5, 0.6) is 0 Å². The maximum absolute atomic E-state index is 11.9. The van der Waals surface area contributed by atoms with Crippen LogP contribution in [-0.2, 0) is 14.8 Å². The maximum Gasteiger partial charge on any atom is 0.220 e. The van der Waals surface area contributed by atoms with Gasteiger partial charge in [-0.1, -0.05) is 6.92 Å². The summed E-state index contributed by atoms with van der Waals surface area (Å²) in [5.74, 6) is 0.806.